The summed E-state index contributed by atoms with van der Waals surface area (Å²) in [5.41, 5.74) is 2.73. The van der Waals surface area contributed by atoms with Gasteiger partial charge in [0, 0.05) is 17.3 Å². The minimum Gasteiger partial charge on any atom is -0.366 e. The lowest BCUT2D eigenvalue weighted by atomic mass is 9.99. The molecule has 0 bridgehead atoms. The molecule has 0 atom stereocenters. The first kappa shape index (κ1) is 18.9. The topological polar surface area (TPSA) is 112 Å². The van der Waals surface area contributed by atoms with Gasteiger partial charge in [0.15, 0.2) is 0 Å². The monoisotopic (exact) mass is 386 g/mol. The second-order valence-electron chi connectivity index (χ2n) is 5.78. The predicted octanol–water partition coefficient (Wildman–Crippen LogP) is 3.05. The average molecular weight is 386 g/mol. The Morgan fingerprint density at radius 3 is 2.32 bits per heavy atom. The zero-order valence-corrected chi connectivity index (χ0v) is 14.1. The standard InChI is InChI=1S/C19H13F3N4O2/c20-11-7-9(6-10(8-11)18(24)27)16(23)15-14(4-5-25-19(15)28)26-17-12(21)2-1-3-13(17)22/h1-8,23H,(H2,24,27)(H2,25,26,28). The number of carbonyl (C=O) groups excluding carboxylic acids is 1. The van der Waals surface area contributed by atoms with Crippen LogP contribution >= 0.6 is 0 Å². The van der Waals surface area contributed by atoms with Gasteiger partial charge in [-0.05, 0) is 36.4 Å². The quantitative estimate of drug-likeness (QED) is 0.506. The van der Waals surface area contributed by atoms with Gasteiger partial charge in [0.05, 0.1) is 17.0 Å². The molecule has 9 heteroatoms. The minimum absolute atomic E-state index is 0.0809. The number of amides is 1. The predicted molar refractivity (Wildman–Crippen MR) is 97.6 cm³/mol. The van der Waals surface area contributed by atoms with Crippen LogP contribution in [0.1, 0.15) is 21.5 Å². The Morgan fingerprint density at radius 2 is 1.68 bits per heavy atom. The molecular weight excluding hydrogens is 373 g/mol. The number of pyridine rings is 1. The van der Waals surface area contributed by atoms with Crippen LogP contribution in [0, 0.1) is 22.9 Å². The van der Waals surface area contributed by atoms with E-state index in [9.17, 15) is 22.8 Å². The van der Waals surface area contributed by atoms with Crippen LogP contribution in [-0.2, 0) is 0 Å². The molecule has 142 valence electrons. The van der Waals surface area contributed by atoms with Gasteiger partial charge in [-0.25, -0.2) is 13.2 Å². The Labute approximate surface area is 156 Å². The van der Waals surface area contributed by atoms with Gasteiger partial charge in [-0.15, -0.1) is 0 Å². The maximum atomic E-state index is 13.9. The summed E-state index contributed by atoms with van der Waals surface area (Å²) in [5.74, 6) is -3.56. The second-order valence-corrected chi connectivity index (χ2v) is 5.78. The Morgan fingerprint density at radius 1 is 1.04 bits per heavy atom. The zero-order chi connectivity index (χ0) is 20.4. The zero-order valence-electron chi connectivity index (χ0n) is 14.1. The number of nitrogens with one attached hydrogen (secondary N) is 3. The van der Waals surface area contributed by atoms with E-state index in [1.54, 1.807) is 0 Å². The van der Waals surface area contributed by atoms with E-state index in [0.717, 1.165) is 30.3 Å². The van der Waals surface area contributed by atoms with Crippen molar-refractivity contribution in [3.05, 3.63) is 93.2 Å². The molecule has 0 aliphatic rings. The first-order chi connectivity index (χ1) is 13.3. The molecule has 0 fully saturated rings. The normalized spacial score (nSPS) is 10.5. The van der Waals surface area contributed by atoms with Crippen LogP contribution in [0.25, 0.3) is 0 Å². The van der Waals surface area contributed by atoms with Crippen molar-refractivity contribution in [2.24, 2.45) is 5.73 Å². The van der Waals surface area contributed by atoms with Crippen molar-refractivity contribution in [2.45, 2.75) is 0 Å². The summed E-state index contributed by atoms with van der Waals surface area (Å²) < 4.78 is 41.7. The summed E-state index contributed by atoms with van der Waals surface area (Å²) in [6.07, 6.45) is 1.22. The van der Waals surface area contributed by atoms with Gasteiger partial charge < -0.3 is 16.0 Å². The number of aromatic nitrogens is 1. The first-order valence-electron chi connectivity index (χ1n) is 7.90. The van der Waals surface area contributed by atoms with Gasteiger partial charge in [-0.1, -0.05) is 6.07 Å². The van der Waals surface area contributed by atoms with Crippen LogP contribution in [0.3, 0.4) is 0 Å². The van der Waals surface area contributed by atoms with Crippen molar-refractivity contribution >= 4 is 23.0 Å². The molecular formula is C19H13F3N4O2. The van der Waals surface area contributed by atoms with E-state index in [4.69, 9.17) is 11.1 Å². The summed E-state index contributed by atoms with van der Waals surface area (Å²) in [6, 6.07) is 7.50. The van der Waals surface area contributed by atoms with Crippen LogP contribution in [-0.4, -0.2) is 16.6 Å². The van der Waals surface area contributed by atoms with Crippen molar-refractivity contribution in [3.63, 3.8) is 0 Å². The molecule has 0 saturated carbocycles. The Bertz CT molecular complexity index is 1140. The van der Waals surface area contributed by atoms with Gasteiger partial charge in [-0.3, -0.25) is 15.0 Å². The maximum Gasteiger partial charge on any atom is 0.259 e. The highest BCUT2D eigenvalue weighted by Crippen LogP contribution is 2.25. The fourth-order valence-electron chi connectivity index (χ4n) is 2.60. The number of nitrogens with two attached hydrogens (primary N) is 1. The molecule has 6 nitrogen and oxygen atoms in total. The molecule has 3 rings (SSSR count). The number of primary amides is 1. The number of aromatic amines is 1. The number of para-hydroxylation sites is 1. The van der Waals surface area contributed by atoms with Crippen molar-refractivity contribution < 1.29 is 18.0 Å². The largest absolute Gasteiger partial charge is 0.366 e. The van der Waals surface area contributed by atoms with Crippen LogP contribution in [0.15, 0.2) is 53.5 Å². The van der Waals surface area contributed by atoms with Crippen LogP contribution < -0.4 is 16.6 Å². The van der Waals surface area contributed by atoms with E-state index in [1.165, 1.54) is 18.3 Å². The van der Waals surface area contributed by atoms with Crippen molar-refractivity contribution in [1.82, 2.24) is 4.98 Å². The molecule has 0 radical (unpaired) electrons. The molecule has 1 heterocycles. The van der Waals surface area contributed by atoms with Crippen LogP contribution in [0.5, 0.6) is 0 Å². The van der Waals surface area contributed by atoms with E-state index in [1.807, 2.05) is 0 Å². The second kappa shape index (κ2) is 7.39. The number of H-pyrrole nitrogens is 1. The van der Waals surface area contributed by atoms with E-state index >= 15 is 0 Å². The number of rotatable bonds is 5. The number of benzene rings is 2. The molecule has 0 spiro atoms. The summed E-state index contributed by atoms with van der Waals surface area (Å²) in [5, 5.41) is 10.7. The third-order valence-electron chi connectivity index (χ3n) is 3.90. The summed E-state index contributed by atoms with van der Waals surface area (Å²) in [6.45, 7) is 0. The SMILES string of the molecule is N=C(c1cc(F)cc(C(N)=O)c1)c1c(Nc2c(F)cccc2F)cc[nH]c1=O. The van der Waals surface area contributed by atoms with E-state index in [0.29, 0.717) is 0 Å². The number of hydrogen-bond donors (Lipinski definition) is 4. The first-order valence-corrected chi connectivity index (χ1v) is 7.90. The fourth-order valence-corrected chi connectivity index (χ4v) is 2.60. The van der Waals surface area contributed by atoms with Crippen molar-refractivity contribution in [1.29, 1.82) is 5.41 Å². The molecule has 2 aromatic carbocycles. The lowest BCUT2D eigenvalue weighted by Gasteiger charge is -2.14. The summed E-state index contributed by atoms with van der Waals surface area (Å²) in [4.78, 5) is 26.0. The Balaban J connectivity index is 2.12. The molecule has 0 aliphatic heterocycles. The number of halogens is 3. The van der Waals surface area contributed by atoms with Gasteiger partial charge >= 0.3 is 0 Å². The molecule has 1 amide bonds. The van der Waals surface area contributed by atoms with Gasteiger partial charge in [0.25, 0.3) is 5.56 Å². The molecule has 5 N–H and O–H groups in total. The van der Waals surface area contributed by atoms with Crippen molar-refractivity contribution in [2.75, 3.05) is 5.32 Å². The van der Waals surface area contributed by atoms with E-state index in [2.05, 4.69) is 10.3 Å². The molecule has 0 aliphatic carbocycles. The highest BCUT2D eigenvalue weighted by Gasteiger charge is 2.19. The van der Waals surface area contributed by atoms with Gasteiger partial charge in [0.1, 0.15) is 23.1 Å². The van der Waals surface area contributed by atoms with E-state index < -0.39 is 40.3 Å². The van der Waals surface area contributed by atoms with Crippen LogP contribution in [0.4, 0.5) is 24.5 Å². The Hall–Kier alpha value is -3.88. The minimum atomic E-state index is -0.915. The third-order valence-corrected chi connectivity index (χ3v) is 3.90. The third kappa shape index (κ3) is 3.63. The van der Waals surface area contributed by atoms with E-state index in [-0.39, 0.29) is 22.4 Å². The number of carbonyl (C=O) groups is 1. The highest BCUT2D eigenvalue weighted by molar-refractivity contribution is 6.14. The maximum absolute atomic E-state index is 13.9. The highest BCUT2D eigenvalue weighted by atomic mass is 19.1. The Kier molecular flexibility index (Phi) is 4.99. The molecule has 0 saturated heterocycles. The molecule has 28 heavy (non-hydrogen) atoms. The average Bonchev–Trinajstić information content (AvgIpc) is 2.64. The summed E-state index contributed by atoms with van der Waals surface area (Å²) >= 11 is 0. The molecule has 3 aromatic rings. The summed E-state index contributed by atoms with van der Waals surface area (Å²) in [7, 11) is 0. The fraction of sp³-hybridized carbons (Fsp3) is 0. The lowest BCUT2D eigenvalue weighted by molar-refractivity contribution is 0.1000. The number of anilines is 2. The molecule has 0 unspecified atom stereocenters. The van der Waals surface area contributed by atoms with Gasteiger partial charge in [0.2, 0.25) is 5.91 Å². The van der Waals surface area contributed by atoms with Gasteiger partial charge in [-0.2, -0.15) is 0 Å². The number of hydrogen-bond acceptors (Lipinski definition) is 4. The van der Waals surface area contributed by atoms with Crippen molar-refractivity contribution in [3.8, 4) is 0 Å². The lowest BCUT2D eigenvalue weighted by Crippen LogP contribution is -2.21. The molecule has 1 aromatic heterocycles. The smallest absolute Gasteiger partial charge is 0.259 e. The van der Waals surface area contributed by atoms with Crippen LogP contribution in [0.2, 0.25) is 0 Å².